The van der Waals surface area contributed by atoms with Gasteiger partial charge in [-0.15, -0.1) is 12.4 Å². The number of aliphatic hydroxyl groups excluding tert-OH is 1. The van der Waals surface area contributed by atoms with Crippen molar-refractivity contribution in [2.75, 3.05) is 6.54 Å². The highest BCUT2D eigenvalue weighted by Gasteiger charge is 2.23. The number of carbonyl (C=O) groups excluding carboxylic acids is 1. The minimum Gasteiger partial charge on any atom is -0.393 e. The molecule has 0 aromatic heterocycles. The number of halogens is 1. The van der Waals surface area contributed by atoms with E-state index in [0.717, 1.165) is 32.1 Å². The summed E-state index contributed by atoms with van der Waals surface area (Å²) in [7, 11) is 0. The molecule has 1 aliphatic carbocycles. The summed E-state index contributed by atoms with van der Waals surface area (Å²) >= 11 is 0. The Labute approximate surface area is 110 Å². The summed E-state index contributed by atoms with van der Waals surface area (Å²) in [6.07, 6.45) is 5.14. The average molecular weight is 265 g/mol. The Kier molecular flexibility index (Phi) is 8.56. The van der Waals surface area contributed by atoms with Gasteiger partial charge in [-0.3, -0.25) is 4.79 Å². The van der Waals surface area contributed by atoms with Gasteiger partial charge in [0.15, 0.2) is 0 Å². The van der Waals surface area contributed by atoms with Gasteiger partial charge in [0.05, 0.1) is 6.10 Å². The number of amides is 1. The maximum atomic E-state index is 11.4. The van der Waals surface area contributed by atoms with Gasteiger partial charge in [0, 0.05) is 24.9 Å². The number of nitrogens with one attached hydrogen (secondary N) is 1. The first-order valence-corrected chi connectivity index (χ1v) is 6.30. The molecule has 3 atom stereocenters. The van der Waals surface area contributed by atoms with Crippen LogP contribution >= 0.6 is 12.4 Å². The zero-order valence-corrected chi connectivity index (χ0v) is 11.3. The lowest BCUT2D eigenvalue weighted by atomic mass is 9.86. The molecule has 0 saturated heterocycles. The molecule has 0 heterocycles. The van der Waals surface area contributed by atoms with Crippen LogP contribution in [0.25, 0.3) is 0 Å². The van der Waals surface area contributed by atoms with Gasteiger partial charge in [-0.2, -0.15) is 0 Å². The van der Waals surface area contributed by atoms with Crippen molar-refractivity contribution in [2.24, 2.45) is 11.7 Å². The van der Waals surface area contributed by atoms with Crippen LogP contribution in [0.1, 0.15) is 45.4 Å². The van der Waals surface area contributed by atoms with Gasteiger partial charge in [-0.1, -0.05) is 12.8 Å². The third kappa shape index (κ3) is 6.86. The summed E-state index contributed by atoms with van der Waals surface area (Å²) in [6.45, 7) is 2.51. The van der Waals surface area contributed by atoms with Crippen LogP contribution < -0.4 is 11.1 Å². The zero-order valence-electron chi connectivity index (χ0n) is 10.5. The zero-order chi connectivity index (χ0) is 12.0. The molecule has 1 fully saturated rings. The minimum atomic E-state index is -0.234. The van der Waals surface area contributed by atoms with E-state index in [2.05, 4.69) is 5.32 Å². The monoisotopic (exact) mass is 264 g/mol. The van der Waals surface area contributed by atoms with Crippen LogP contribution in [0.15, 0.2) is 0 Å². The predicted molar refractivity (Wildman–Crippen MR) is 71.1 cm³/mol. The molecule has 0 aromatic carbocycles. The molecule has 1 amide bonds. The Hall–Kier alpha value is -0.320. The van der Waals surface area contributed by atoms with E-state index in [1.165, 1.54) is 0 Å². The third-order valence-corrected chi connectivity index (χ3v) is 3.26. The molecule has 0 spiro atoms. The summed E-state index contributed by atoms with van der Waals surface area (Å²) in [4.78, 5) is 11.4. The fourth-order valence-electron chi connectivity index (χ4n) is 2.12. The number of hydrogen-bond donors (Lipinski definition) is 3. The number of carbonyl (C=O) groups is 1. The molecule has 0 aromatic rings. The first-order chi connectivity index (χ1) is 7.59. The third-order valence-electron chi connectivity index (χ3n) is 3.26. The van der Waals surface area contributed by atoms with Gasteiger partial charge in [0.2, 0.25) is 5.91 Å². The van der Waals surface area contributed by atoms with E-state index in [0.29, 0.717) is 13.0 Å². The van der Waals surface area contributed by atoms with E-state index in [-0.39, 0.29) is 36.4 Å². The first kappa shape index (κ1) is 16.7. The lowest BCUT2D eigenvalue weighted by Gasteiger charge is -2.27. The summed E-state index contributed by atoms with van der Waals surface area (Å²) in [5.41, 5.74) is 5.58. The Balaban J connectivity index is 0.00000256. The fraction of sp³-hybridized carbons (Fsp3) is 0.917. The van der Waals surface area contributed by atoms with E-state index < -0.39 is 0 Å². The van der Waals surface area contributed by atoms with Crippen molar-refractivity contribution in [3.8, 4) is 0 Å². The number of nitrogens with two attached hydrogens (primary N) is 1. The minimum absolute atomic E-state index is 0. The number of aliphatic hydroxyl groups is 1. The lowest BCUT2D eigenvalue weighted by Crippen LogP contribution is -2.37. The highest BCUT2D eigenvalue weighted by atomic mass is 35.5. The van der Waals surface area contributed by atoms with Gasteiger partial charge < -0.3 is 16.2 Å². The molecule has 4 nitrogen and oxygen atoms in total. The molecule has 0 bridgehead atoms. The maximum absolute atomic E-state index is 11.4. The van der Waals surface area contributed by atoms with Crippen molar-refractivity contribution in [1.82, 2.24) is 5.32 Å². The second-order valence-electron chi connectivity index (χ2n) is 4.93. The van der Waals surface area contributed by atoms with Gasteiger partial charge in [0.1, 0.15) is 0 Å². The quantitative estimate of drug-likeness (QED) is 0.699. The fourth-order valence-corrected chi connectivity index (χ4v) is 2.12. The topological polar surface area (TPSA) is 75.4 Å². The molecular weight excluding hydrogens is 240 g/mol. The second kappa shape index (κ2) is 8.72. The van der Waals surface area contributed by atoms with E-state index in [9.17, 15) is 9.90 Å². The lowest BCUT2D eigenvalue weighted by molar-refractivity contribution is -0.121. The Morgan fingerprint density at radius 2 is 2.12 bits per heavy atom. The van der Waals surface area contributed by atoms with Crippen molar-refractivity contribution < 1.29 is 9.90 Å². The summed E-state index contributed by atoms with van der Waals surface area (Å²) < 4.78 is 0. The highest BCUT2D eigenvalue weighted by molar-refractivity contribution is 5.85. The average Bonchev–Trinajstić information content (AvgIpc) is 2.25. The van der Waals surface area contributed by atoms with Crippen LogP contribution in [-0.4, -0.2) is 29.7 Å². The Morgan fingerprint density at radius 1 is 1.47 bits per heavy atom. The number of rotatable bonds is 5. The smallest absolute Gasteiger partial charge is 0.220 e. The van der Waals surface area contributed by atoms with Crippen molar-refractivity contribution in [3.63, 3.8) is 0 Å². The standard InChI is InChI=1S/C12H24N2O2.ClH/c1-9(13)6-7-12(16)14-8-10-4-2-3-5-11(10)15;/h9-11,15H,2-8,13H2,1H3,(H,14,16);1H. The Morgan fingerprint density at radius 3 is 2.71 bits per heavy atom. The van der Waals surface area contributed by atoms with Gasteiger partial charge in [0.25, 0.3) is 0 Å². The van der Waals surface area contributed by atoms with Crippen LogP contribution in [0, 0.1) is 5.92 Å². The number of hydrogen-bond acceptors (Lipinski definition) is 3. The van der Waals surface area contributed by atoms with Gasteiger partial charge in [-0.05, 0) is 26.2 Å². The van der Waals surface area contributed by atoms with Crippen LogP contribution in [-0.2, 0) is 4.79 Å². The van der Waals surface area contributed by atoms with E-state index in [1.54, 1.807) is 0 Å². The van der Waals surface area contributed by atoms with E-state index in [1.807, 2.05) is 6.92 Å². The van der Waals surface area contributed by atoms with Crippen molar-refractivity contribution in [2.45, 2.75) is 57.6 Å². The van der Waals surface area contributed by atoms with E-state index >= 15 is 0 Å². The normalized spacial score (nSPS) is 25.8. The first-order valence-electron chi connectivity index (χ1n) is 6.30. The van der Waals surface area contributed by atoms with Gasteiger partial charge in [-0.25, -0.2) is 0 Å². The highest BCUT2D eigenvalue weighted by Crippen LogP contribution is 2.23. The van der Waals surface area contributed by atoms with Crippen LogP contribution in [0.4, 0.5) is 0 Å². The van der Waals surface area contributed by atoms with Gasteiger partial charge >= 0.3 is 0 Å². The van der Waals surface area contributed by atoms with Crippen LogP contribution in [0.3, 0.4) is 0 Å². The summed E-state index contributed by atoms with van der Waals surface area (Å²) in [6, 6.07) is 0.0750. The van der Waals surface area contributed by atoms with Crippen molar-refractivity contribution in [3.05, 3.63) is 0 Å². The molecular formula is C12H25ClN2O2. The summed E-state index contributed by atoms with van der Waals surface area (Å²) in [5, 5.41) is 12.6. The molecule has 0 aliphatic heterocycles. The molecule has 0 radical (unpaired) electrons. The second-order valence-corrected chi connectivity index (χ2v) is 4.93. The molecule has 1 rings (SSSR count). The van der Waals surface area contributed by atoms with Crippen LogP contribution in [0.5, 0.6) is 0 Å². The molecule has 1 saturated carbocycles. The molecule has 17 heavy (non-hydrogen) atoms. The molecule has 102 valence electrons. The van der Waals surface area contributed by atoms with E-state index in [4.69, 9.17) is 5.73 Å². The SMILES string of the molecule is CC(N)CCC(=O)NCC1CCCCC1O.Cl. The predicted octanol–water partition coefficient (Wildman–Crippen LogP) is 1.20. The molecule has 3 unspecified atom stereocenters. The van der Waals surface area contributed by atoms with Crippen molar-refractivity contribution in [1.29, 1.82) is 0 Å². The molecule has 4 N–H and O–H groups in total. The van der Waals surface area contributed by atoms with Crippen molar-refractivity contribution >= 4 is 18.3 Å². The molecule has 5 heteroatoms. The largest absolute Gasteiger partial charge is 0.393 e. The van der Waals surface area contributed by atoms with Crippen LogP contribution in [0.2, 0.25) is 0 Å². The summed E-state index contributed by atoms with van der Waals surface area (Å²) in [5.74, 6) is 0.295. The maximum Gasteiger partial charge on any atom is 0.220 e. The Bertz CT molecular complexity index is 225. The molecule has 1 aliphatic rings.